The van der Waals surface area contributed by atoms with Crippen LogP contribution in [0.2, 0.25) is 0 Å². The Morgan fingerprint density at radius 2 is 1.79 bits per heavy atom. The number of amides is 1. The summed E-state index contributed by atoms with van der Waals surface area (Å²) in [6.07, 6.45) is 0.684. The predicted octanol–water partition coefficient (Wildman–Crippen LogP) is 4.72. The van der Waals surface area contributed by atoms with Gasteiger partial charge in [0, 0.05) is 18.3 Å². The van der Waals surface area contributed by atoms with Crippen molar-refractivity contribution in [1.82, 2.24) is 14.9 Å². The Morgan fingerprint density at radius 3 is 2.53 bits per heavy atom. The molecule has 34 heavy (non-hydrogen) atoms. The summed E-state index contributed by atoms with van der Waals surface area (Å²) in [5.74, 6) is 0.0819. The molecular weight excluding hydrogens is 466 g/mol. The largest absolute Gasteiger partial charge is 0.356 e. The Balaban J connectivity index is 1.62. The van der Waals surface area contributed by atoms with Gasteiger partial charge in [0.05, 0.1) is 27.2 Å². The van der Waals surface area contributed by atoms with Gasteiger partial charge in [-0.25, -0.2) is 4.98 Å². The minimum atomic E-state index is -0.151. The molecular formula is C26H25N3O3S2. The molecule has 0 fully saturated rings. The first kappa shape index (κ1) is 23.9. The molecule has 8 heteroatoms. The molecule has 2 aromatic heterocycles. The lowest BCUT2D eigenvalue weighted by molar-refractivity contribution is -0.118. The lowest BCUT2D eigenvalue weighted by Crippen LogP contribution is -2.22. The highest BCUT2D eigenvalue weighted by atomic mass is 32.2. The van der Waals surface area contributed by atoms with Crippen LogP contribution in [-0.2, 0) is 11.2 Å². The number of hydrogen-bond acceptors (Lipinski definition) is 6. The van der Waals surface area contributed by atoms with Crippen molar-refractivity contribution in [3.63, 3.8) is 0 Å². The van der Waals surface area contributed by atoms with E-state index >= 15 is 0 Å². The lowest BCUT2D eigenvalue weighted by atomic mass is 10.1. The third-order valence-corrected chi connectivity index (χ3v) is 7.35. The molecule has 174 valence electrons. The van der Waals surface area contributed by atoms with Gasteiger partial charge in [0.1, 0.15) is 0 Å². The Hall–Kier alpha value is -3.23. The molecule has 1 amide bonds. The number of thiophene rings is 1. The number of hydrogen-bond donors (Lipinski definition) is 1. The van der Waals surface area contributed by atoms with E-state index in [4.69, 9.17) is 4.98 Å². The average molecular weight is 492 g/mol. The molecule has 0 radical (unpaired) electrons. The Morgan fingerprint density at radius 1 is 1.06 bits per heavy atom. The van der Waals surface area contributed by atoms with Crippen LogP contribution in [0, 0.1) is 13.8 Å². The van der Waals surface area contributed by atoms with Gasteiger partial charge < -0.3 is 5.32 Å². The highest BCUT2D eigenvalue weighted by molar-refractivity contribution is 7.99. The second kappa shape index (κ2) is 10.4. The second-order valence-corrected chi connectivity index (χ2v) is 10.2. The average Bonchev–Trinajstić information content (AvgIpc) is 3.25. The highest BCUT2D eigenvalue weighted by Gasteiger charge is 2.17. The number of Topliss-reactive ketones (excluding diaryl/α,β-unsaturated/α-hetero) is 1. The molecule has 6 nitrogen and oxygen atoms in total. The van der Waals surface area contributed by atoms with E-state index in [-0.39, 0.29) is 23.0 Å². The standard InChI is InChI=1S/C26H25N3O3S2/c1-16-12-17(2)14-19(13-16)29-25(32)21-6-4-5-7-22(21)28-26(29)33-15-23(31)24-9-8-20(34-24)10-11-27-18(3)30/h4-9,12-14H,10-11,15H2,1-3H3,(H,27,30). The molecule has 2 heterocycles. The number of benzene rings is 2. The Labute approximate surface area is 206 Å². The first-order valence-corrected chi connectivity index (χ1v) is 12.7. The van der Waals surface area contributed by atoms with Crippen LogP contribution < -0.4 is 10.9 Å². The second-order valence-electron chi connectivity index (χ2n) is 8.11. The monoisotopic (exact) mass is 491 g/mol. The van der Waals surface area contributed by atoms with E-state index in [1.807, 2.05) is 56.3 Å². The maximum Gasteiger partial charge on any atom is 0.266 e. The highest BCUT2D eigenvalue weighted by Crippen LogP contribution is 2.25. The summed E-state index contributed by atoms with van der Waals surface area (Å²) in [6, 6.07) is 17.0. The van der Waals surface area contributed by atoms with Crippen LogP contribution in [0.3, 0.4) is 0 Å². The zero-order chi connectivity index (χ0) is 24.2. The number of rotatable bonds is 8. The number of fused-ring (bicyclic) bond motifs is 1. The van der Waals surface area contributed by atoms with E-state index in [0.717, 1.165) is 21.7 Å². The van der Waals surface area contributed by atoms with Crippen molar-refractivity contribution in [3.05, 3.63) is 85.8 Å². The van der Waals surface area contributed by atoms with Crippen LogP contribution in [0.5, 0.6) is 0 Å². The molecule has 0 aliphatic heterocycles. The van der Waals surface area contributed by atoms with Crippen LogP contribution in [0.25, 0.3) is 16.6 Å². The summed E-state index contributed by atoms with van der Waals surface area (Å²) < 4.78 is 1.60. The maximum atomic E-state index is 13.4. The molecule has 0 unspecified atom stereocenters. The summed E-state index contributed by atoms with van der Waals surface area (Å²) in [7, 11) is 0. The fraction of sp³-hybridized carbons (Fsp3) is 0.231. The first-order valence-electron chi connectivity index (χ1n) is 10.9. The third-order valence-electron chi connectivity index (χ3n) is 5.22. The van der Waals surface area contributed by atoms with Crippen molar-refractivity contribution in [3.8, 4) is 5.69 Å². The molecule has 0 saturated carbocycles. The zero-order valence-electron chi connectivity index (χ0n) is 19.3. The minimum absolute atomic E-state index is 0.0184. The predicted molar refractivity (Wildman–Crippen MR) is 139 cm³/mol. The van der Waals surface area contributed by atoms with Crippen LogP contribution in [0.1, 0.15) is 32.6 Å². The van der Waals surface area contributed by atoms with Gasteiger partial charge in [0.2, 0.25) is 5.91 Å². The Kier molecular flexibility index (Phi) is 7.29. The number of para-hydroxylation sites is 1. The molecule has 0 atom stereocenters. The van der Waals surface area contributed by atoms with Gasteiger partial charge in [-0.2, -0.15) is 0 Å². The lowest BCUT2D eigenvalue weighted by Gasteiger charge is -2.14. The van der Waals surface area contributed by atoms with Gasteiger partial charge in [0.15, 0.2) is 10.9 Å². The third kappa shape index (κ3) is 5.46. The number of carbonyl (C=O) groups is 2. The van der Waals surface area contributed by atoms with Crippen LogP contribution >= 0.6 is 23.1 Å². The number of carbonyl (C=O) groups excluding carboxylic acids is 2. The minimum Gasteiger partial charge on any atom is -0.356 e. The SMILES string of the molecule is CC(=O)NCCc1ccc(C(=O)CSc2nc3ccccc3c(=O)n2-c2cc(C)cc(C)c2)s1. The number of nitrogens with zero attached hydrogens (tertiary/aromatic N) is 2. The number of aryl methyl sites for hydroxylation is 2. The molecule has 0 spiro atoms. The molecule has 0 bridgehead atoms. The smallest absolute Gasteiger partial charge is 0.266 e. The van der Waals surface area contributed by atoms with Crippen molar-refractivity contribution in [2.24, 2.45) is 0 Å². The summed E-state index contributed by atoms with van der Waals surface area (Å²) >= 11 is 2.70. The number of aromatic nitrogens is 2. The fourth-order valence-electron chi connectivity index (χ4n) is 3.74. The Bertz CT molecular complexity index is 1420. The summed E-state index contributed by atoms with van der Waals surface area (Å²) in [5.41, 5.74) is 3.30. The van der Waals surface area contributed by atoms with Gasteiger partial charge in [-0.3, -0.25) is 19.0 Å². The van der Waals surface area contributed by atoms with E-state index in [1.54, 1.807) is 10.6 Å². The topological polar surface area (TPSA) is 81.1 Å². The fourth-order valence-corrected chi connectivity index (χ4v) is 5.67. The van der Waals surface area contributed by atoms with Gasteiger partial charge in [-0.15, -0.1) is 11.3 Å². The summed E-state index contributed by atoms with van der Waals surface area (Å²) in [6.45, 7) is 6.01. The van der Waals surface area contributed by atoms with Crippen molar-refractivity contribution >= 4 is 45.7 Å². The summed E-state index contributed by atoms with van der Waals surface area (Å²) in [5, 5.41) is 3.80. The normalized spacial score (nSPS) is 11.0. The quantitative estimate of drug-likeness (QED) is 0.219. The van der Waals surface area contributed by atoms with Gasteiger partial charge in [0.25, 0.3) is 5.56 Å². The molecule has 0 saturated heterocycles. The van der Waals surface area contributed by atoms with E-state index in [0.29, 0.717) is 33.9 Å². The molecule has 2 aromatic carbocycles. The van der Waals surface area contributed by atoms with Crippen molar-refractivity contribution < 1.29 is 9.59 Å². The first-order chi connectivity index (χ1) is 16.3. The van der Waals surface area contributed by atoms with Crippen molar-refractivity contribution in [1.29, 1.82) is 0 Å². The van der Waals surface area contributed by atoms with Gasteiger partial charge >= 0.3 is 0 Å². The van der Waals surface area contributed by atoms with Crippen LogP contribution in [0.4, 0.5) is 0 Å². The molecule has 4 rings (SSSR count). The van der Waals surface area contributed by atoms with Crippen molar-refractivity contribution in [2.75, 3.05) is 12.3 Å². The van der Waals surface area contributed by atoms with E-state index in [9.17, 15) is 14.4 Å². The van der Waals surface area contributed by atoms with Crippen LogP contribution in [-0.4, -0.2) is 33.5 Å². The van der Waals surface area contributed by atoms with E-state index in [2.05, 4.69) is 11.4 Å². The summed E-state index contributed by atoms with van der Waals surface area (Å²) in [4.78, 5) is 43.8. The maximum absolute atomic E-state index is 13.4. The van der Waals surface area contributed by atoms with Gasteiger partial charge in [-0.05, 0) is 67.8 Å². The molecule has 1 N–H and O–H groups in total. The van der Waals surface area contributed by atoms with Crippen LogP contribution in [0.15, 0.2) is 64.5 Å². The van der Waals surface area contributed by atoms with E-state index in [1.165, 1.54) is 30.0 Å². The van der Waals surface area contributed by atoms with Crippen molar-refractivity contribution in [2.45, 2.75) is 32.3 Å². The molecule has 4 aromatic rings. The molecule has 0 aliphatic rings. The van der Waals surface area contributed by atoms with Gasteiger partial charge in [-0.1, -0.05) is 30.0 Å². The number of ketones is 1. The number of thioether (sulfide) groups is 1. The zero-order valence-corrected chi connectivity index (χ0v) is 20.9. The molecule has 0 aliphatic carbocycles. The number of nitrogens with one attached hydrogen (secondary N) is 1. The van der Waals surface area contributed by atoms with E-state index < -0.39 is 0 Å².